The minimum Gasteiger partial charge on any atom is -0.370 e. The number of carbonyl (C=O) groups excluding carboxylic acids is 1. The van der Waals surface area contributed by atoms with Crippen molar-refractivity contribution in [3.05, 3.63) is 0 Å². The Bertz CT molecular complexity index is 230. The molecule has 140 valence electrons. The lowest BCUT2D eigenvalue weighted by Crippen LogP contribution is -2.09. The van der Waals surface area contributed by atoms with Gasteiger partial charge in [-0.05, 0) is 26.4 Å². The van der Waals surface area contributed by atoms with E-state index in [1.807, 2.05) is 14.1 Å². The molecule has 0 saturated carbocycles. The molecular weight excluding hydrogens is 284 g/mol. The van der Waals surface area contributed by atoms with Gasteiger partial charge in [0.05, 0.1) is 0 Å². The fraction of sp³-hybridized carbons (Fsp3) is 0.950. The van der Waals surface area contributed by atoms with E-state index in [0.717, 1.165) is 12.3 Å². The molecular formula is C20H44N2O. The van der Waals surface area contributed by atoms with Crippen LogP contribution in [-0.4, -0.2) is 20.0 Å². The molecule has 0 fully saturated rings. The van der Waals surface area contributed by atoms with Crippen LogP contribution in [0.1, 0.15) is 104 Å². The lowest BCUT2D eigenvalue weighted by atomic mass is 10.0. The van der Waals surface area contributed by atoms with Gasteiger partial charge in [0.2, 0.25) is 5.91 Å². The second-order valence-corrected chi connectivity index (χ2v) is 7.14. The summed E-state index contributed by atoms with van der Waals surface area (Å²) in [7, 11) is 3.75. The van der Waals surface area contributed by atoms with Gasteiger partial charge in [0, 0.05) is 6.42 Å². The summed E-state index contributed by atoms with van der Waals surface area (Å²) >= 11 is 0. The van der Waals surface area contributed by atoms with Crippen molar-refractivity contribution in [1.82, 2.24) is 5.32 Å². The molecule has 0 aliphatic rings. The molecule has 0 radical (unpaired) electrons. The SMILES string of the molecule is CC(C)CCCCCCCCCCCCCCC(N)=O.CNC. The standard InChI is InChI=1S/C18H37NO.C2H7N/c1-17(2)15-13-11-9-7-5-3-4-6-8-10-12-14-16-18(19)20;1-3-2/h17H,3-16H2,1-2H3,(H2,19,20);3H,1-2H3. The average Bonchev–Trinajstić information content (AvgIpc) is 2.48. The van der Waals surface area contributed by atoms with E-state index in [9.17, 15) is 4.79 Å². The predicted molar refractivity (Wildman–Crippen MR) is 104 cm³/mol. The summed E-state index contributed by atoms with van der Waals surface area (Å²) in [6.45, 7) is 4.63. The van der Waals surface area contributed by atoms with Gasteiger partial charge in [-0.2, -0.15) is 0 Å². The highest BCUT2D eigenvalue weighted by molar-refractivity contribution is 5.73. The topological polar surface area (TPSA) is 55.1 Å². The number of amides is 1. The Morgan fingerprint density at radius 2 is 1.04 bits per heavy atom. The second kappa shape index (κ2) is 21.4. The number of carbonyl (C=O) groups is 1. The van der Waals surface area contributed by atoms with Gasteiger partial charge >= 0.3 is 0 Å². The van der Waals surface area contributed by atoms with Crippen molar-refractivity contribution in [2.45, 2.75) is 104 Å². The summed E-state index contributed by atoms with van der Waals surface area (Å²) in [4.78, 5) is 10.6. The molecule has 0 aromatic heterocycles. The Balaban J connectivity index is 0. The number of nitrogens with one attached hydrogen (secondary N) is 1. The molecule has 0 spiro atoms. The Kier molecular flexibility index (Phi) is 23.0. The van der Waals surface area contributed by atoms with Gasteiger partial charge in [0.1, 0.15) is 0 Å². The molecule has 0 aliphatic heterocycles. The molecule has 0 saturated heterocycles. The molecule has 3 N–H and O–H groups in total. The van der Waals surface area contributed by atoms with Gasteiger partial charge in [-0.15, -0.1) is 0 Å². The number of unbranched alkanes of at least 4 members (excludes halogenated alkanes) is 11. The van der Waals surface area contributed by atoms with Crippen LogP contribution in [0.25, 0.3) is 0 Å². The Labute approximate surface area is 146 Å². The van der Waals surface area contributed by atoms with Crippen LogP contribution in [0, 0.1) is 5.92 Å². The third-order valence-electron chi connectivity index (χ3n) is 3.95. The van der Waals surface area contributed by atoms with E-state index in [-0.39, 0.29) is 5.91 Å². The van der Waals surface area contributed by atoms with Gasteiger partial charge in [0.15, 0.2) is 0 Å². The Hall–Kier alpha value is -0.570. The van der Waals surface area contributed by atoms with E-state index in [2.05, 4.69) is 19.2 Å². The number of rotatable bonds is 15. The molecule has 0 aliphatic carbocycles. The minimum atomic E-state index is -0.154. The van der Waals surface area contributed by atoms with Gasteiger partial charge in [-0.25, -0.2) is 0 Å². The maximum absolute atomic E-state index is 10.6. The van der Waals surface area contributed by atoms with Crippen molar-refractivity contribution < 1.29 is 4.79 Å². The van der Waals surface area contributed by atoms with E-state index in [1.165, 1.54) is 77.0 Å². The van der Waals surface area contributed by atoms with Crippen LogP contribution in [0.15, 0.2) is 0 Å². The van der Waals surface area contributed by atoms with Crippen LogP contribution >= 0.6 is 0 Å². The van der Waals surface area contributed by atoms with Crippen molar-refractivity contribution >= 4 is 5.91 Å². The quantitative estimate of drug-likeness (QED) is 0.394. The molecule has 0 unspecified atom stereocenters. The van der Waals surface area contributed by atoms with E-state index < -0.39 is 0 Å². The van der Waals surface area contributed by atoms with Gasteiger partial charge in [-0.3, -0.25) is 4.79 Å². The molecule has 0 bridgehead atoms. The molecule has 0 rings (SSSR count). The first-order valence-electron chi connectivity index (χ1n) is 9.91. The molecule has 0 aromatic carbocycles. The maximum atomic E-state index is 10.6. The predicted octanol–water partition coefficient (Wildman–Crippen LogP) is 5.42. The highest BCUT2D eigenvalue weighted by Crippen LogP contribution is 2.14. The second-order valence-electron chi connectivity index (χ2n) is 7.14. The number of nitrogens with two attached hydrogens (primary N) is 1. The molecule has 0 aromatic rings. The maximum Gasteiger partial charge on any atom is 0.217 e. The Morgan fingerprint density at radius 1 is 0.739 bits per heavy atom. The van der Waals surface area contributed by atoms with E-state index >= 15 is 0 Å². The third-order valence-corrected chi connectivity index (χ3v) is 3.95. The van der Waals surface area contributed by atoms with E-state index in [4.69, 9.17) is 5.73 Å². The highest BCUT2D eigenvalue weighted by Gasteiger charge is 1.96. The lowest BCUT2D eigenvalue weighted by Gasteiger charge is -2.04. The summed E-state index contributed by atoms with van der Waals surface area (Å²) in [5.41, 5.74) is 5.11. The molecule has 3 nitrogen and oxygen atoms in total. The smallest absolute Gasteiger partial charge is 0.217 e. The van der Waals surface area contributed by atoms with Crippen LogP contribution in [0.4, 0.5) is 0 Å². The third kappa shape index (κ3) is 30.0. The zero-order valence-electron chi connectivity index (χ0n) is 16.5. The Morgan fingerprint density at radius 3 is 1.35 bits per heavy atom. The van der Waals surface area contributed by atoms with Gasteiger partial charge in [0.25, 0.3) is 0 Å². The summed E-state index contributed by atoms with van der Waals surface area (Å²) in [6.07, 6.45) is 18.0. The average molecular weight is 329 g/mol. The summed E-state index contributed by atoms with van der Waals surface area (Å²) in [5, 5.41) is 2.75. The van der Waals surface area contributed by atoms with Crippen molar-refractivity contribution in [2.24, 2.45) is 11.7 Å². The van der Waals surface area contributed by atoms with E-state index in [0.29, 0.717) is 6.42 Å². The summed E-state index contributed by atoms with van der Waals surface area (Å²) < 4.78 is 0. The van der Waals surface area contributed by atoms with Gasteiger partial charge in [-0.1, -0.05) is 90.9 Å². The molecule has 3 heteroatoms. The fourth-order valence-corrected chi connectivity index (χ4v) is 2.62. The minimum absolute atomic E-state index is 0.154. The first-order chi connectivity index (χ1) is 11.0. The van der Waals surface area contributed by atoms with Crippen molar-refractivity contribution in [3.63, 3.8) is 0 Å². The largest absolute Gasteiger partial charge is 0.370 e. The van der Waals surface area contributed by atoms with Crippen LogP contribution in [0.5, 0.6) is 0 Å². The first-order valence-corrected chi connectivity index (χ1v) is 9.91. The highest BCUT2D eigenvalue weighted by atomic mass is 16.1. The van der Waals surface area contributed by atoms with Crippen LogP contribution in [0.2, 0.25) is 0 Å². The van der Waals surface area contributed by atoms with Gasteiger partial charge < -0.3 is 11.1 Å². The number of hydrogen-bond donors (Lipinski definition) is 2. The molecule has 0 heterocycles. The normalized spacial score (nSPS) is 10.5. The monoisotopic (exact) mass is 328 g/mol. The van der Waals surface area contributed by atoms with Crippen molar-refractivity contribution in [2.75, 3.05) is 14.1 Å². The first kappa shape index (κ1) is 24.7. The number of primary amides is 1. The van der Waals surface area contributed by atoms with Crippen LogP contribution < -0.4 is 11.1 Å². The summed E-state index contributed by atoms with van der Waals surface area (Å²) in [6, 6.07) is 0. The molecule has 0 atom stereocenters. The molecule has 23 heavy (non-hydrogen) atoms. The van der Waals surface area contributed by atoms with Crippen molar-refractivity contribution in [3.8, 4) is 0 Å². The fourth-order valence-electron chi connectivity index (χ4n) is 2.62. The number of hydrogen-bond acceptors (Lipinski definition) is 2. The summed E-state index contributed by atoms with van der Waals surface area (Å²) in [5.74, 6) is 0.719. The van der Waals surface area contributed by atoms with Crippen LogP contribution in [0.3, 0.4) is 0 Å². The lowest BCUT2D eigenvalue weighted by molar-refractivity contribution is -0.118. The van der Waals surface area contributed by atoms with Crippen LogP contribution in [-0.2, 0) is 4.79 Å². The van der Waals surface area contributed by atoms with E-state index in [1.54, 1.807) is 0 Å². The zero-order chi connectivity index (χ0) is 17.8. The zero-order valence-corrected chi connectivity index (χ0v) is 16.5. The molecule has 1 amide bonds. The van der Waals surface area contributed by atoms with Crippen molar-refractivity contribution in [1.29, 1.82) is 0 Å².